The number of amides is 1. The first-order valence-corrected chi connectivity index (χ1v) is 7.18. The maximum absolute atomic E-state index is 11.9. The molecule has 0 unspecified atom stereocenters. The maximum atomic E-state index is 11.9. The van der Waals surface area contributed by atoms with Gasteiger partial charge in [-0.1, -0.05) is 11.8 Å². The standard InChI is InChI=1S/C14H17F2NO3S/c1-17(14(19)4-6-20-9-13(15)16)8-12-7-11(10-21-12)3-2-5-18/h7,10,13,18H,4-6,8-9H2,1H3. The molecule has 0 aliphatic carbocycles. The van der Waals surface area contributed by atoms with E-state index in [4.69, 9.17) is 5.11 Å². The van der Waals surface area contributed by atoms with Crippen molar-refractivity contribution in [1.82, 2.24) is 4.90 Å². The number of alkyl halides is 2. The predicted octanol–water partition coefficient (Wildman–Crippen LogP) is 1.72. The van der Waals surface area contributed by atoms with Gasteiger partial charge in [0.25, 0.3) is 6.43 Å². The molecular weight excluding hydrogens is 300 g/mol. The van der Waals surface area contributed by atoms with E-state index >= 15 is 0 Å². The van der Waals surface area contributed by atoms with Crippen molar-refractivity contribution in [3.63, 3.8) is 0 Å². The highest BCUT2D eigenvalue weighted by molar-refractivity contribution is 7.10. The lowest BCUT2D eigenvalue weighted by molar-refractivity contribution is -0.131. The third kappa shape index (κ3) is 7.18. The van der Waals surface area contributed by atoms with Crippen LogP contribution < -0.4 is 0 Å². The number of nitrogens with zero attached hydrogens (tertiary/aromatic N) is 1. The molecule has 0 radical (unpaired) electrons. The van der Waals surface area contributed by atoms with Gasteiger partial charge in [0.2, 0.25) is 5.91 Å². The first-order valence-electron chi connectivity index (χ1n) is 6.30. The van der Waals surface area contributed by atoms with E-state index in [1.54, 1.807) is 7.05 Å². The Morgan fingerprint density at radius 3 is 3.00 bits per heavy atom. The Morgan fingerprint density at radius 1 is 1.57 bits per heavy atom. The molecule has 0 fully saturated rings. The molecule has 0 bridgehead atoms. The normalized spacial score (nSPS) is 10.3. The fraction of sp³-hybridized carbons (Fsp3) is 0.500. The SMILES string of the molecule is CN(Cc1cc(C#CCO)cs1)C(=O)CCOCC(F)F. The summed E-state index contributed by atoms with van der Waals surface area (Å²) in [5, 5.41) is 10.5. The van der Waals surface area contributed by atoms with E-state index in [2.05, 4.69) is 16.6 Å². The predicted molar refractivity (Wildman–Crippen MR) is 76.2 cm³/mol. The largest absolute Gasteiger partial charge is 0.384 e. The minimum Gasteiger partial charge on any atom is -0.384 e. The molecule has 0 saturated carbocycles. The monoisotopic (exact) mass is 317 g/mol. The summed E-state index contributed by atoms with van der Waals surface area (Å²) in [6.07, 6.45) is -2.44. The van der Waals surface area contributed by atoms with Crippen LogP contribution in [0.15, 0.2) is 11.4 Å². The van der Waals surface area contributed by atoms with Gasteiger partial charge in [0.1, 0.15) is 13.2 Å². The molecule has 1 aromatic rings. The number of carbonyl (C=O) groups is 1. The second kappa shape index (κ2) is 9.45. The van der Waals surface area contributed by atoms with Gasteiger partial charge in [0, 0.05) is 22.9 Å². The Kier molecular flexibility index (Phi) is 7.90. The van der Waals surface area contributed by atoms with E-state index in [1.807, 2.05) is 11.4 Å². The zero-order valence-corrected chi connectivity index (χ0v) is 12.5. The van der Waals surface area contributed by atoms with E-state index in [0.717, 1.165) is 10.4 Å². The lowest BCUT2D eigenvalue weighted by Gasteiger charge is -2.16. The molecular formula is C14H17F2NO3S. The fourth-order valence-corrected chi connectivity index (χ4v) is 2.38. The highest BCUT2D eigenvalue weighted by atomic mass is 32.1. The van der Waals surface area contributed by atoms with Gasteiger partial charge in [0.15, 0.2) is 0 Å². The van der Waals surface area contributed by atoms with Crippen LogP contribution in [0.25, 0.3) is 0 Å². The van der Waals surface area contributed by atoms with Gasteiger partial charge >= 0.3 is 0 Å². The number of halogens is 2. The maximum Gasteiger partial charge on any atom is 0.261 e. The van der Waals surface area contributed by atoms with E-state index < -0.39 is 13.0 Å². The zero-order chi connectivity index (χ0) is 15.7. The van der Waals surface area contributed by atoms with Gasteiger partial charge in [-0.3, -0.25) is 4.79 Å². The van der Waals surface area contributed by atoms with Crippen molar-refractivity contribution in [2.75, 3.05) is 26.9 Å². The third-order valence-electron chi connectivity index (χ3n) is 2.49. The van der Waals surface area contributed by atoms with Crippen LogP contribution in [0.1, 0.15) is 16.9 Å². The number of carbonyl (C=O) groups excluding carboxylic acids is 1. The number of ether oxygens (including phenoxy) is 1. The van der Waals surface area contributed by atoms with Crippen molar-refractivity contribution < 1.29 is 23.4 Å². The van der Waals surface area contributed by atoms with Crippen LogP contribution in [0.4, 0.5) is 8.78 Å². The van der Waals surface area contributed by atoms with Crippen LogP contribution in [0.2, 0.25) is 0 Å². The Labute approximate surface area is 126 Å². The van der Waals surface area contributed by atoms with Gasteiger partial charge in [0.05, 0.1) is 19.6 Å². The second-order valence-electron chi connectivity index (χ2n) is 4.23. The Morgan fingerprint density at radius 2 is 2.33 bits per heavy atom. The number of aliphatic hydroxyl groups is 1. The molecule has 1 amide bonds. The summed E-state index contributed by atoms with van der Waals surface area (Å²) in [6.45, 7) is -0.415. The molecule has 116 valence electrons. The Bertz CT molecular complexity index is 508. The summed E-state index contributed by atoms with van der Waals surface area (Å²) in [7, 11) is 1.65. The van der Waals surface area contributed by atoms with E-state index in [0.29, 0.717) is 6.54 Å². The van der Waals surface area contributed by atoms with Crippen molar-refractivity contribution in [3.05, 3.63) is 21.9 Å². The molecule has 7 heteroatoms. The minimum absolute atomic E-state index is 0.00875. The zero-order valence-electron chi connectivity index (χ0n) is 11.6. The van der Waals surface area contributed by atoms with Crippen LogP contribution in [0, 0.1) is 11.8 Å². The Balaban J connectivity index is 2.36. The molecule has 0 aliphatic rings. The van der Waals surface area contributed by atoms with Crippen molar-refractivity contribution in [1.29, 1.82) is 0 Å². The second-order valence-corrected chi connectivity index (χ2v) is 5.22. The van der Waals surface area contributed by atoms with E-state index in [9.17, 15) is 13.6 Å². The summed E-state index contributed by atoms with van der Waals surface area (Å²) in [5.74, 6) is 5.17. The summed E-state index contributed by atoms with van der Waals surface area (Å²) in [5.41, 5.74) is 0.796. The van der Waals surface area contributed by atoms with Crippen molar-refractivity contribution >= 4 is 17.2 Å². The molecule has 1 heterocycles. The highest BCUT2D eigenvalue weighted by Crippen LogP contribution is 2.16. The lowest BCUT2D eigenvalue weighted by Crippen LogP contribution is -2.27. The van der Waals surface area contributed by atoms with Crippen LogP contribution >= 0.6 is 11.3 Å². The van der Waals surface area contributed by atoms with E-state index in [-0.39, 0.29) is 25.5 Å². The number of hydrogen-bond acceptors (Lipinski definition) is 4. The van der Waals surface area contributed by atoms with Gasteiger partial charge in [-0.15, -0.1) is 11.3 Å². The molecule has 1 aromatic heterocycles. The molecule has 1 rings (SSSR count). The average molecular weight is 317 g/mol. The lowest BCUT2D eigenvalue weighted by atomic mass is 10.3. The summed E-state index contributed by atoms with van der Waals surface area (Å²) < 4.78 is 28.4. The average Bonchev–Trinajstić information content (AvgIpc) is 2.88. The molecule has 4 nitrogen and oxygen atoms in total. The quantitative estimate of drug-likeness (QED) is 0.615. The number of thiophene rings is 1. The molecule has 0 spiro atoms. The van der Waals surface area contributed by atoms with Gasteiger partial charge in [-0.05, 0) is 6.07 Å². The highest BCUT2D eigenvalue weighted by Gasteiger charge is 2.11. The molecule has 0 atom stereocenters. The van der Waals surface area contributed by atoms with Crippen LogP contribution in [-0.4, -0.2) is 49.2 Å². The minimum atomic E-state index is -2.51. The van der Waals surface area contributed by atoms with E-state index in [1.165, 1.54) is 16.2 Å². The molecule has 0 aliphatic heterocycles. The smallest absolute Gasteiger partial charge is 0.261 e. The third-order valence-corrected chi connectivity index (χ3v) is 3.41. The van der Waals surface area contributed by atoms with Crippen LogP contribution in [-0.2, 0) is 16.1 Å². The number of rotatable bonds is 7. The van der Waals surface area contributed by atoms with Crippen LogP contribution in [0.3, 0.4) is 0 Å². The first-order chi connectivity index (χ1) is 10.0. The fourth-order valence-electron chi connectivity index (χ4n) is 1.52. The van der Waals surface area contributed by atoms with Gasteiger partial charge in [-0.2, -0.15) is 0 Å². The molecule has 21 heavy (non-hydrogen) atoms. The van der Waals surface area contributed by atoms with Gasteiger partial charge in [-0.25, -0.2) is 8.78 Å². The Hall–Kier alpha value is -1.49. The number of aliphatic hydroxyl groups excluding tert-OH is 1. The summed E-state index contributed by atoms with van der Waals surface area (Å²) in [4.78, 5) is 14.2. The van der Waals surface area contributed by atoms with Gasteiger partial charge < -0.3 is 14.7 Å². The first kappa shape index (κ1) is 17.6. The van der Waals surface area contributed by atoms with Crippen molar-refractivity contribution in [2.24, 2.45) is 0 Å². The number of hydrogen-bond donors (Lipinski definition) is 1. The van der Waals surface area contributed by atoms with Crippen LogP contribution in [0.5, 0.6) is 0 Å². The van der Waals surface area contributed by atoms with Crippen molar-refractivity contribution in [3.8, 4) is 11.8 Å². The molecule has 1 N–H and O–H groups in total. The summed E-state index contributed by atoms with van der Waals surface area (Å²) in [6, 6.07) is 1.85. The molecule has 0 aromatic carbocycles. The summed E-state index contributed by atoms with van der Waals surface area (Å²) >= 11 is 1.47. The molecule has 0 saturated heterocycles. The van der Waals surface area contributed by atoms with Crippen molar-refractivity contribution in [2.45, 2.75) is 19.4 Å². The topological polar surface area (TPSA) is 49.8 Å².